The van der Waals surface area contributed by atoms with Crippen LogP contribution in [-0.2, 0) is 21.7 Å². The van der Waals surface area contributed by atoms with Crippen molar-refractivity contribution in [1.82, 2.24) is 9.55 Å². The Balaban J connectivity index is 1.00. The summed E-state index contributed by atoms with van der Waals surface area (Å²) in [5.41, 5.74) is 27.7. The highest BCUT2D eigenvalue weighted by Crippen LogP contribution is 2.59. The second kappa shape index (κ2) is 18.6. The second-order valence-corrected chi connectivity index (χ2v) is 31.4. The van der Waals surface area contributed by atoms with E-state index in [1.165, 1.54) is 109 Å². The van der Waals surface area contributed by atoms with Gasteiger partial charge < -0.3 is 14.2 Å². The van der Waals surface area contributed by atoms with Crippen LogP contribution in [0.2, 0.25) is 0 Å². The summed E-state index contributed by atoms with van der Waals surface area (Å²) in [5.74, 6) is 1.49. The molecule has 5 nitrogen and oxygen atoms in total. The molecule has 9 aromatic carbocycles. The highest BCUT2D eigenvalue weighted by atomic mass is 32.2. The Bertz CT molecular complexity index is 4490. The Morgan fingerprint density at radius 1 is 0.447 bits per heavy atom. The number of imidazole rings is 1. The van der Waals surface area contributed by atoms with Gasteiger partial charge in [0.25, 0.3) is 6.71 Å². The monoisotopic (exact) mass is 1150 g/mol. The van der Waals surface area contributed by atoms with E-state index >= 15 is 0 Å². The minimum Gasteiger partial charge on any atom is -0.455 e. The number of aromatic nitrogens is 2. The van der Waals surface area contributed by atoms with E-state index in [2.05, 4.69) is 277 Å². The fourth-order valence-electron chi connectivity index (χ4n) is 14.0. The van der Waals surface area contributed by atoms with Crippen molar-refractivity contribution < 1.29 is 4.42 Å². The van der Waals surface area contributed by atoms with E-state index in [4.69, 9.17) is 9.40 Å². The van der Waals surface area contributed by atoms with Crippen LogP contribution in [0.4, 0.5) is 34.1 Å². The summed E-state index contributed by atoms with van der Waals surface area (Å²) in [7, 11) is 0. The number of fused-ring (bicyclic) bond motifs is 12. The summed E-state index contributed by atoms with van der Waals surface area (Å²) in [6.45, 7) is 37.4. The third-order valence-corrected chi connectivity index (χ3v) is 20.8. The van der Waals surface area contributed by atoms with Crippen molar-refractivity contribution in [3.05, 3.63) is 185 Å². The zero-order valence-corrected chi connectivity index (χ0v) is 53.8. The molecular formula is C77H75BN4OS2. The predicted molar refractivity (Wildman–Crippen MR) is 364 cm³/mol. The van der Waals surface area contributed by atoms with E-state index in [1.54, 1.807) is 0 Å². The highest BCUT2D eigenvalue weighted by molar-refractivity contribution is 8.00. The van der Waals surface area contributed by atoms with Crippen LogP contribution >= 0.6 is 23.5 Å². The third kappa shape index (κ3) is 8.31. The SMILES string of the molecule is CC(C)c1cccc(C(C)C)c1-n1c(-c2cccc3c2oc2cc(-c4cc5c6c(c4)N4c7ccc(C(C)(C)C)cc7Sc7cc(C(C)(C)C)cc(c74)B6c4cc(C(C)(C)C)cc6c4N5c4ccc(C(C)(C)C)cc4S6)ccc23)nc2ccccc21. The number of benzene rings is 9. The molecule has 6 heterocycles. The largest absolute Gasteiger partial charge is 0.455 e. The van der Waals surface area contributed by atoms with Crippen LogP contribution in [-0.4, -0.2) is 16.3 Å². The van der Waals surface area contributed by atoms with E-state index in [0.29, 0.717) is 11.8 Å². The Morgan fingerprint density at radius 2 is 0.965 bits per heavy atom. The first-order valence-electron chi connectivity index (χ1n) is 30.7. The molecule has 85 heavy (non-hydrogen) atoms. The summed E-state index contributed by atoms with van der Waals surface area (Å²) >= 11 is 3.91. The number of furan rings is 1. The van der Waals surface area contributed by atoms with Crippen molar-refractivity contribution in [2.45, 2.75) is 164 Å². The Kier molecular flexibility index (Phi) is 11.9. The van der Waals surface area contributed by atoms with Gasteiger partial charge in [-0.05, 0) is 173 Å². The van der Waals surface area contributed by atoms with E-state index in [1.807, 2.05) is 23.5 Å². The van der Waals surface area contributed by atoms with Gasteiger partial charge in [0.1, 0.15) is 17.0 Å². The molecule has 0 saturated heterocycles. The van der Waals surface area contributed by atoms with Gasteiger partial charge in [0.15, 0.2) is 0 Å². The summed E-state index contributed by atoms with van der Waals surface area (Å²) in [6.07, 6.45) is 0. The molecule has 0 N–H and O–H groups in total. The van der Waals surface area contributed by atoms with Crippen LogP contribution in [0.3, 0.4) is 0 Å². The van der Waals surface area contributed by atoms with Crippen LogP contribution in [0.1, 0.15) is 156 Å². The molecule has 0 spiro atoms. The first kappa shape index (κ1) is 54.3. The molecule has 0 unspecified atom stereocenters. The average Bonchev–Trinajstić information content (AvgIpc) is 1.51. The second-order valence-electron chi connectivity index (χ2n) is 29.3. The van der Waals surface area contributed by atoms with Gasteiger partial charge in [0.2, 0.25) is 0 Å². The van der Waals surface area contributed by atoms with Crippen molar-refractivity contribution in [3.8, 4) is 28.2 Å². The van der Waals surface area contributed by atoms with Gasteiger partial charge >= 0.3 is 0 Å². The van der Waals surface area contributed by atoms with Crippen molar-refractivity contribution in [2.24, 2.45) is 0 Å². The zero-order valence-electron chi connectivity index (χ0n) is 52.2. The van der Waals surface area contributed by atoms with Crippen molar-refractivity contribution in [3.63, 3.8) is 0 Å². The van der Waals surface area contributed by atoms with Gasteiger partial charge in [0.05, 0.1) is 45.0 Å². The first-order chi connectivity index (χ1) is 40.3. The van der Waals surface area contributed by atoms with Crippen LogP contribution in [0, 0.1) is 0 Å². The smallest absolute Gasteiger partial charge is 0.252 e. The minimum atomic E-state index is -0.0775. The van der Waals surface area contributed by atoms with E-state index < -0.39 is 0 Å². The summed E-state index contributed by atoms with van der Waals surface area (Å²) in [5, 5.41) is 2.16. The third-order valence-electron chi connectivity index (χ3n) is 18.7. The fraction of sp³-hybridized carbons (Fsp3) is 0.286. The molecule has 0 amide bonds. The molecule has 2 aromatic heterocycles. The first-order valence-corrected chi connectivity index (χ1v) is 32.3. The molecule has 4 aliphatic heterocycles. The molecule has 424 valence electrons. The van der Waals surface area contributed by atoms with Gasteiger partial charge in [-0.2, -0.15) is 0 Å². The maximum atomic E-state index is 7.33. The van der Waals surface area contributed by atoms with E-state index in [0.717, 1.165) is 55.5 Å². The van der Waals surface area contributed by atoms with Crippen molar-refractivity contribution in [2.75, 3.05) is 9.80 Å². The Morgan fingerprint density at radius 3 is 1.49 bits per heavy atom. The lowest BCUT2D eigenvalue weighted by molar-refractivity contribution is 0.588. The van der Waals surface area contributed by atoms with E-state index in [9.17, 15) is 0 Å². The summed E-state index contributed by atoms with van der Waals surface area (Å²) < 4.78 is 9.75. The summed E-state index contributed by atoms with van der Waals surface area (Å²) in [4.78, 5) is 16.0. The molecule has 11 aromatic rings. The van der Waals surface area contributed by atoms with Crippen LogP contribution in [0.5, 0.6) is 0 Å². The summed E-state index contributed by atoms with van der Waals surface area (Å²) in [6, 6.07) is 58.7. The van der Waals surface area contributed by atoms with Crippen LogP contribution in [0.15, 0.2) is 176 Å². The average molecular weight is 1150 g/mol. The van der Waals surface area contributed by atoms with Gasteiger partial charge in [-0.15, -0.1) is 0 Å². The lowest BCUT2D eigenvalue weighted by Crippen LogP contribution is -2.62. The topological polar surface area (TPSA) is 37.4 Å². The molecule has 4 aliphatic rings. The number of hydrogen-bond acceptors (Lipinski definition) is 6. The van der Waals surface area contributed by atoms with Crippen LogP contribution in [0.25, 0.3) is 61.2 Å². The molecule has 0 bridgehead atoms. The van der Waals surface area contributed by atoms with Crippen molar-refractivity contribution >= 4 is 114 Å². The van der Waals surface area contributed by atoms with Gasteiger partial charge in [-0.3, -0.25) is 4.57 Å². The normalized spacial score (nSPS) is 14.4. The predicted octanol–water partition coefficient (Wildman–Crippen LogP) is 20.7. The highest BCUT2D eigenvalue weighted by Gasteiger charge is 2.49. The molecule has 0 fully saturated rings. The lowest BCUT2D eigenvalue weighted by Gasteiger charge is -2.48. The van der Waals surface area contributed by atoms with Crippen molar-refractivity contribution in [1.29, 1.82) is 0 Å². The fourth-order valence-corrected chi connectivity index (χ4v) is 16.3. The molecule has 0 atom stereocenters. The molecule has 0 saturated carbocycles. The number of para-hydroxylation sites is 4. The number of hydrogen-bond donors (Lipinski definition) is 0. The lowest BCUT2D eigenvalue weighted by atomic mass is 9.33. The zero-order chi connectivity index (χ0) is 59.3. The molecule has 15 rings (SSSR count). The molecule has 0 aliphatic carbocycles. The molecule has 0 radical (unpaired) electrons. The Hall–Kier alpha value is -7.39. The molecule has 8 heteroatoms. The maximum Gasteiger partial charge on any atom is 0.252 e. The molecular weight excluding hydrogens is 1070 g/mol. The van der Waals surface area contributed by atoms with Crippen LogP contribution < -0.4 is 26.2 Å². The standard InChI is InChI=1S/C77H75BN4OS2/c1-42(2)50-21-19-22-51(43(3)4)69(50)82-58-26-18-17-25-57(58)79-73(82)54-24-20-23-53-52-30-27-44(35-63(52)83-72(53)54)45-33-61-68-62(34-45)81-60-32-29-47(75(8,9)10)39-65(60)85-67-41-49(77(14,15)16)37-56(71(67)81)78(68)55-36-48(76(11,12)13)40-66-70(55)80(61)59-31-28-46(74(5,6)7)38-64(59)84-66/h17-43H,1-16H3. The Labute approximate surface area is 511 Å². The minimum absolute atomic E-state index is 0.0134. The number of nitrogens with zero attached hydrogens (tertiary/aromatic N) is 4. The quantitative estimate of drug-likeness (QED) is 0.160. The number of anilines is 6. The van der Waals surface area contributed by atoms with Gasteiger partial charge in [-0.1, -0.05) is 207 Å². The van der Waals surface area contributed by atoms with Gasteiger partial charge in [-0.25, -0.2) is 4.98 Å². The maximum absolute atomic E-state index is 7.33. The number of rotatable bonds is 5. The van der Waals surface area contributed by atoms with E-state index in [-0.39, 0.29) is 28.4 Å². The van der Waals surface area contributed by atoms with Gasteiger partial charge in [0, 0.05) is 41.7 Å².